The van der Waals surface area contributed by atoms with E-state index in [0.29, 0.717) is 17.4 Å². The summed E-state index contributed by atoms with van der Waals surface area (Å²) in [4.78, 5) is 0.171. The van der Waals surface area contributed by atoms with Gasteiger partial charge < -0.3 is 9.84 Å². The van der Waals surface area contributed by atoms with Crippen LogP contribution in [0.25, 0.3) is 0 Å². The summed E-state index contributed by atoms with van der Waals surface area (Å²) in [5.74, 6) is 1.70. The van der Waals surface area contributed by atoms with E-state index < -0.39 is 10.0 Å². The highest BCUT2D eigenvalue weighted by atomic mass is 32.2. The van der Waals surface area contributed by atoms with Crippen LogP contribution >= 0.6 is 0 Å². The van der Waals surface area contributed by atoms with E-state index in [1.54, 1.807) is 31.2 Å². The average molecular weight is 345 g/mol. The van der Waals surface area contributed by atoms with Crippen molar-refractivity contribution in [3.8, 4) is 0 Å². The molecule has 3 aromatic rings. The first-order chi connectivity index (χ1) is 11.4. The lowest BCUT2D eigenvalue weighted by Gasteiger charge is -2.08. The second-order valence-electron chi connectivity index (χ2n) is 5.17. The van der Waals surface area contributed by atoms with Crippen molar-refractivity contribution >= 4 is 27.5 Å². The van der Waals surface area contributed by atoms with E-state index >= 15 is 0 Å². The fraction of sp³-hybridized carbons (Fsp3) is 0.133. The molecule has 0 fully saturated rings. The first-order valence-corrected chi connectivity index (χ1v) is 8.54. The van der Waals surface area contributed by atoms with E-state index in [9.17, 15) is 8.42 Å². The molecule has 0 amide bonds. The van der Waals surface area contributed by atoms with E-state index in [-0.39, 0.29) is 10.7 Å². The van der Waals surface area contributed by atoms with Crippen molar-refractivity contribution in [2.24, 2.45) is 0 Å². The van der Waals surface area contributed by atoms with Gasteiger partial charge in [0.05, 0.1) is 4.90 Å². The van der Waals surface area contributed by atoms with Gasteiger partial charge in [0, 0.05) is 6.07 Å². The number of aromatic nitrogens is 3. The number of aryl methyl sites for hydroxylation is 2. The van der Waals surface area contributed by atoms with Crippen molar-refractivity contribution in [1.82, 2.24) is 15.4 Å². The maximum Gasteiger partial charge on any atom is 0.263 e. The van der Waals surface area contributed by atoms with Crippen LogP contribution in [-0.4, -0.2) is 23.8 Å². The van der Waals surface area contributed by atoms with E-state index in [0.717, 1.165) is 5.56 Å². The topological polar surface area (TPSA) is 110 Å². The number of nitrogens with zero attached hydrogens (tertiary/aromatic N) is 3. The van der Waals surface area contributed by atoms with E-state index in [2.05, 4.69) is 25.4 Å². The Labute approximate surface area is 139 Å². The fourth-order valence-corrected chi connectivity index (χ4v) is 3.09. The molecule has 0 atom stereocenters. The van der Waals surface area contributed by atoms with Crippen LogP contribution in [-0.2, 0) is 10.0 Å². The van der Waals surface area contributed by atoms with Gasteiger partial charge in [-0.05, 0) is 43.7 Å². The lowest BCUT2D eigenvalue weighted by Crippen LogP contribution is -2.14. The molecule has 124 valence electrons. The molecule has 0 radical (unpaired) electrons. The van der Waals surface area contributed by atoms with Gasteiger partial charge in [-0.3, -0.25) is 4.72 Å². The summed E-state index contributed by atoms with van der Waals surface area (Å²) in [6.07, 6.45) is 0. The minimum atomic E-state index is -3.70. The third-order valence-electron chi connectivity index (χ3n) is 3.09. The SMILES string of the molecule is Cc1cccc(S(=O)(=O)Nc2ccc(Nc3cc(C)on3)nn2)c1. The first-order valence-electron chi connectivity index (χ1n) is 7.06. The summed E-state index contributed by atoms with van der Waals surface area (Å²) < 4.78 is 32.0. The number of benzene rings is 1. The molecule has 0 saturated carbocycles. The van der Waals surface area contributed by atoms with Crippen LogP contribution in [0.3, 0.4) is 0 Å². The summed E-state index contributed by atoms with van der Waals surface area (Å²) in [7, 11) is -3.70. The van der Waals surface area contributed by atoms with E-state index in [4.69, 9.17) is 4.52 Å². The lowest BCUT2D eigenvalue weighted by molar-refractivity contribution is 0.400. The highest BCUT2D eigenvalue weighted by molar-refractivity contribution is 7.92. The largest absolute Gasteiger partial charge is 0.360 e. The maximum atomic E-state index is 12.3. The highest BCUT2D eigenvalue weighted by Gasteiger charge is 2.15. The summed E-state index contributed by atoms with van der Waals surface area (Å²) in [6.45, 7) is 3.60. The van der Waals surface area contributed by atoms with Crippen LogP contribution in [0.2, 0.25) is 0 Å². The summed E-state index contributed by atoms with van der Waals surface area (Å²) >= 11 is 0. The molecule has 2 heterocycles. The summed E-state index contributed by atoms with van der Waals surface area (Å²) in [6, 6.07) is 11.4. The van der Waals surface area contributed by atoms with Gasteiger partial charge in [-0.25, -0.2) is 8.42 Å². The van der Waals surface area contributed by atoms with Crippen LogP contribution in [0.1, 0.15) is 11.3 Å². The monoisotopic (exact) mass is 345 g/mol. The molecule has 9 heteroatoms. The zero-order valence-corrected chi connectivity index (χ0v) is 13.8. The molecule has 0 aliphatic rings. The molecular weight excluding hydrogens is 330 g/mol. The molecule has 3 rings (SSSR count). The summed E-state index contributed by atoms with van der Waals surface area (Å²) in [5.41, 5.74) is 0.853. The number of hydrogen-bond acceptors (Lipinski definition) is 7. The van der Waals surface area contributed by atoms with Gasteiger partial charge in [0.25, 0.3) is 10.0 Å². The molecule has 2 N–H and O–H groups in total. The Morgan fingerprint density at radius 2 is 1.71 bits per heavy atom. The smallest absolute Gasteiger partial charge is 0.263 e. The molecule has 1 aromatic carbocycles. The lowest BCUT2D eigenvalue weighted by atomic mass is 10.2. The molecule has 0 saturated heterocycles. The molecule has 8 nitrogen and oxygen atoms in total. The number of rotatable bonds is 5. The van der Waals surface area contributed by atoms with E-state index in [1.165, 1.54) is 12.1 Å². The van der Waals surface area contributed by atoms with Gasteiger partial charge in [0.1, 0.15) is 5.76 Å². The summed E-state index contributed by atoms with van der Waals surface area (Å²) in [5, 5.41) is 14.4. The third kappa shape index (κ3) is 3.69. The second-order valence-corrected chi connectivity index (χ2v) is 6.86. The van der Waals surface area contributed by atoms with Crippen LogP contribution in [0, 0.1) is 13.8 Å². The molecular formula is C15H15N5O3S. The maximum absolute atomic E-state index is 12.3. The van der Waals surface area contributed by atoms with Gasteiger partial charge >= 0.3 is 0 Å². The molecule has 0 unspecified atom stereocenters. The Morgan fingerprint density at radius 3 is 2.33 bits per heavy atom. The quantitative estimate of drug-likeness (QED) is 0.731. The van der Waals surface area contributed by atoms with Crippen molar-refractivity contribution in [2.45, 2.75) is 18.7 Å². The molecule has 0 bridgehead atoms. The highest BCUT2D eigenvalue weighted by Crippen LogP contribution is 2.17. The van der Waals surface area contributed by atoms with Gasteiger partial charge in [-0.15, -0.1) is 10.2 Å². The number of nitrogens with one attached hydrogen (secondary N) is 2. The van der Waals surface area contributed by atoms with Gasteiger partial charge in [0.2, 0.25) is 0 Å². The minimum Gasteiger partial charge on any atom is -0.360 e. The van der Waals surface area contributed by atoms with Crippen molar-refractivity contribution in [3.63, 3.8) is 0 Å². The van der Waals surface area contributed by atoms with Crippen LogP contribution < -0.4 is 10.0 Å². The third-order valence-corrected chi connectivity index (χ3v) is 4.44. The molecule has 24 heavy (non-hydrogen) atoms. The van der Waals surface area contributed by atoms with Gasteiger partial charge in [0.15, 0.2) is 17.5 Å². The van der Waals surface area contributed by atoms with Crippen LogP contribution in [0.15, 0.2) is 51.9 Å². The van der Waals surface area contributed by atoms with Crippen molar-refractivity contribution < 1.29 is 12.9 Å². The molecule has 2 aromatic heterocycles. The number of hydrogen-bond donors (Lipinski definition) is 2. The minimum absolute atomic E-state index is 0.124. The number of sulfonamides is 1. The van der Waals surface area contributed by atoms with Gasteiger partial charge in [-0.2, -0.15) is 0 Å². The van der Waals surface area contributed by atoms with E-state index in [1.807, 2.05) is 13.0 Å². The zero-order chi connectivity index (χ0) is 17.2. The fourth-order valence-electron chi connectivity index (χ4n) is 1.99. The van der Waals surface area contributed by atoms with Crippen molar-refractivity contribution in [1.29, 1.82) is 0 Å². The normalized spacial score (nSPS) is 11.2. The van der Waals surface area contributed by atoms with Gasteiger partial charge in [-0.1, -0.05) is 17.3 Å². The zero-order valence-electron chi connectivity index (χ0n) is 13.0. The Hall–Kier alpha value is -2.94. The van der Waals surface area contributed by atoms with Crippen LogP contribution in [0.4, 0.5) is 17.5 Å². The Bertz CT molecular complexity index is 951. The van der Waals surface area contributed by atoms with Crippen molar-refractivity contribution in [3.05, 3.63) is 53.8 Å². The van der Waals surface area contributed by atoms with Crippen molar-refractivity contribution in [2.75, 3.05) is 10.0 Å². The molecule has 0 spiro atoms. The molecule has 0 aliphatic heterocycles. The predicted molar refractivity (Wildman–Crippen MR) is 88.5 cm³/mol. The first kappa shape index (κ1) is 15.9. The molecule has 0 aliphatic carbocycles. The Balaban J connectivity index is 1.74. The Morgan fingerprint density at radius 1 is 0.958 bits per heavy atom. The second kappa shape index (κ2) is 6.28. The standard InChI is InChI=1S/C15H15N5O3S/c1-10-4-3-5-12(8-10)24(21,22)20-14-7-6-13(17-18-14)16-15-9-11(2)23-19-15/h3-9H,1-2H3,(H,18,20)(H,16,17,19). The van der Waals surface area contributed by atoms with Crippen LogP contribution in [0.5, 0.6) is 0 Å². The predicted octanol–water partition coefficient (Wildman–Crippen LogP) is 2.63. The average Bonchev–Trinajstić information content (AvgIpc) is 2.94. The Kier molecular flexibility index (Phi) is 4.17. The number of anilines is 3.